The maximum absolute atomic E-state index is 11.3. The largest absolute Gasteiger partial charge is 0.744 e. The molecule has 0 radical (unpaired) electrons. The minimum atomic E-state index is -4.69. The SMILES string of the molecule is Cc1cc(Cl)c([N+](=O)[O-])cc1-c1ccccc1S(=O)(=O)[O-]. The lowest BCUT2D eigenvalue weighted by atomic mass is 10.00. The molecule has 6 nitrogen and oxygen atoms in total. The van der Waals surface area contributed by atoms with Gasteiger partial charge in [0.05, 0.1) is 9.82 Å². The van der Waals surface area contributed by atoms with E-state index >= 15 is 0 Å². The zero-order valence-corrected chi connectivity index (χ0v) is 12.3. The van der Waals surface area contributed by atoms with Gasteiger partial charge in [-0.3, -0.25) is 10.1 Å². The molecular weight excluding hydrogens is 318 g/mol. The predicted octanol–water partition coefficient (Wildman–Crippen LogP) is 3.13. The molecule has 0 amide bonds. The van der Waals surface area contributed by atoms with Crippen molar-refractivity contribution in [1.29, 1.82) is 0 Å². The maximum Gasteiger partial charge on any atom is 0.288 e. The van der Waals surface area contributed by atoms with Gasteiger partial charge in [0.25, 0.3) is 5.69 Å². The summed E-state index contributed by atoms with van der Waals surface area (Å²) in [7, 11) is -4.69. The van der Waals surface area contributed by atoms with Gasteiger partial charge in [-0.15, -0.1) is 0 Å². The van der Waals surface area contributed by atoms with E-state index in [1.54, 1.807) is 13.0 Å². The van der Waals surface area contributed by atoms with Gasteiger partial charge in [0.1, 0.15) is 15.1 Å². The van der Waals surface area contributed by atoms with Gasteiger partial charge >= 0.3 is 0 Å². The molecule has 0 aliphatic heterocycles. The van der Waals surface area contributed by atoms with Crippen LogP contribution in [0, 0.1) is 17.0 Å². The highest BCUT2D eigenvalue weighted by Gasteiger charge is 2.19. The van der Waals surface area contributed by atoms with Gasteiger partial charge in [-0.1, -0.05) is 29.8 Å². The molecule has 2 aromatic carbocycles. The van der Waals surface area contributed by atoms with Gasteiger partial charge in [0, 0.05) is 6.07 Å². The van der Waals surface area contributed by atoms with E-state index in [9.17, 15) is 23.1 Å². The molecule has 0 saturated carbocycles. The average Bonchev–Trinajstić information content (AvgIpc) is 2.37. The van der Waals surface area contributed by atoms with Crippen LogP contribution in [-0.2, 0) is 10.1 Å². The van der Waals surface area contributed by atoms with E-state index in [4.69, 9.17) is 11.6 Å². The lowest BCUT2D eigenvalue weighted by Crippen LogP contribution is -2.02. The van der Waals surface area contributed by atoms with E-state index in [0.717, 1.165) is 6.07 Å². The van der Waals surface area contributed by atoms with E-state index in [-0.39, 0.29) is 21.8 Å². The van der Waals surface area contributed by atoms with Crippen molar-refractivity contribution in [2.75, 3.05) is 0 Å². The van der Waals surface area contributed by atoms with Gasteiger partial charge in [-0.25, -0.2) is 8.42 Å². The number of rotatable bonds is 3. The molecule has 0 N–H and O–H groups in total. The van der Waals surface area contributed by atoms with Crippen LogP contribution in [0.2, 0.25) is 5.02 Å². The second-order valence-electron chi connectivity index (χ2n) is 4.33. The minimum absolute atomic E-state index is 0.0521. The van der Waals surface area contributed by atoms with Crippen LogP contribution in [0.3, 0.4) is 0 Å². The summed E-state index contributed by atoms with van der Waals surface area (Å²) in [5.74, 6) is 0. The number of hydrogen-bond acceptors (Lipinski definition) is 5. The summed E-state index contributed by atoms with van der Waals surface area (Å²) >= 11 is 5.79. The fraction of sp³-hybridized carbons (Fsp3) is 0.0769. The van der Waals surface area contributed by atoms with Crippen LogP contribution in [-0.4, -0.2) is 17.9 Å². The van der Waals surface area contributed by atoms with Crippen molar-refractivity contribution in [1.82, 2.24) is 0 Å². The smallest absolute Gasteiger partial charge is 0.288 e. The summed E-state index contributed by atoms with van der Waals surface area (Å²) in [6.07, 6.45) is 0. The molecule has 0 atom stereocenters. The highest BCUT2D eigenvalue weighted by molar-refractivity contribution is 7.85. The number of benzene rings is 2. The summed E-state index contributed by atoms with van der Waals surface area (Å²) < 4.78 is 33.9. The van der Waals surface area contributed by atoms with Crippen molar-refractivity contribution in [3.8, 4) is 11.1 Å². The molecular formula is C13H9ClNO5S-. The quantitative estimate of drug-likeness (QED) is 0.490. The van der Waals surface area contributed by atoms with E-state index in [2.05, 4.69) is 0 Å². The predicted molar refractivity (Wildman–Crippen MR) is 76.2 cm³/mol. The Labute approximate surface area is 125 Å². The number of nitro benzene ring substituents is 1. The third kappa shape index (κ3) is 3.05. The van der Waals surface area contributed by atoms with Gasteiger partial charge in [0.15, 0.2) is 0 Å². The maximum atomic E-state index is 11.3. The van der Waals surface area contributed by atoms with Crippen LogP contribution < -0.4 is 0 Å². The normalized spacial score (nSPS) is 11.4. The lowest BCUT2D eigenvalue weighted by molar-refractivity contribution is -0.384. The van der Waals surface area contributed by atoms with Gasteiger partial charge in [-0.2, -0.15) is 0 Å². The Hall–Kier alpha value is -1.96. The molecule has 0 saturated heterocycles. The summed E-state index contributed by atoms with van der Waals surface area (Å²) in [5.41, 5.74) is 0.572. The Bertz CT molecular complexity index is 832. The van der Waals surface area contributed by atoms with Crippen molar-refractivity contribution in [3.63, 3.8) is 0 Å². The average molecular weight is 327 g/mol. The molecule has 0 aromatic heterocycles. The third-order valence-corrected chi connectivity index (χ3v) is 4.13. The zero-order valence-electron chi connectivity index (χ0n) is 10.7. The molecule has 8 heteroatoms. The molecule has 0 aliphatic rings. The first kappa shape index (κ1) is 15.4. The van der Waals surface area contributed by atoms with Crippen molar-refractivity contribution >= 4 is 27.4 Å². The van der Waals surface area contributed by atoms with E-state index in [0.29, 0.717) is 5.56 Å². The standard InChI is InChI=1S/C13H10ClNO5S/c1-8-6-11(14)12(15(16)17)7-10(8)9-4-2-3-5-13(9)21(18,19)20/h2-7H,1H3,(H,18,19,20)/p-1. The topological polar surface area (TPSA) is 100 Å². The van der Waals surface area contributed by atoms with Crippen LogP contribution in [0.5, 0.6) is 0 Å². The van der Waals surface area contributed by atoms with Crippen molar-refractivity contribution < 1.29 is 17.9 Å². The highest BCUT2D eigenvalue weighted by Crippen LogP contribution is 2.36. The second-order valence-corrected chi connectivity index (χ2v) is 6.08. The third-order valence-electron chi connectivity index (χ3n) is 2.94. The first-order chi connectivity index (χ1) is 9.71. The van der Waals surface area contributed by atoms with Crippen LogP contribution in [0.15, 0.2) is 41.3 Å². The number of halogens is 1. The van der Waals surface area contributed by atoms with Crippen LogP contribution >= 0.6 is 11.6 Å². The number of nitrogens with zero attached hydrogens (tertiary/aromatic N) is 1. The Morgan fingerprint density at radius 1 is 1.14 bits per heavy atom. The Kier molecular flexibility index (Phi) is 3.99. The zero-order chi connectivity index (χ0) is 15.8. The van der Waals surface area contributed by atoms with Gasteiger partial charge < -0.3 is 4.55 Å². The highest BCUT2D eigenvalue weighted by atomic mass is 35.5. The molecule has 0 unspecified atom stereocenters. The Morgan fingerprint density at radius 2 is 1.76 bits per heavy atom. The van der Waals surface area contributed by atoms with Crippen LogP contribution in [0.4, 0.5) is 5.69 Å². The first-order valence-electron chi connectivity index (χ1n) is 5.71. The van der Waals surface area contributed by atoms with E-state index in [1.807, 2.05) is 0 Å². The Morgan fingerprint density at radius 3 is 2.33 bits per heavy atom. The minimum Gasteiger partial charge on any atom is -0.744 e. The molecule has 0 aliphatic carbocycles. The molecule has 2 aromatic rings. The summed E-state index contributed by atoms with van der Waals surface area (Å²) in [6.45, 7) is 1.62. The number of nitro groups is 1. The molecule has 0 fully saturated rings. The fourth-order valence-corrected chi connectivity index (χ4v) is 2.98. The van der Waals surface area contributed by atoms with Gasteiger partial charge in [-0.05, 0) is 35.7 Å². The summed E-state index contributed by atoms with van der Waals surface area (Å²) in [6, 6.07) is 8.07. The van der Waals surface area contributed by atoms with Crippen molar-refractivity contribution in [2.45, 2.75) is 11.8 Å². The monoisotopic (exact) mass is 326 g/mol. The molecule has 2 rings (SSSR count). The summed E-state index contributed by atoms with van der Waals surface area (Å²) in [4.78, 5) is 9.85. The number of hydrogen-bond donors (Lipinski definition) is 0. The first-order valence-corrected chi connectivity index (χ1v) is 7.50. The van der Waals surface area contributed by atoms with E-state index in [1.165, 1.54) is 24.3 Å². The fourth-order valence-electron chi connectivity index (χ4n) is 2.00. The molecule has 0 heterocycles. The van der Waals surface area contributed by atoms with Crippen LogP contribution in [0.1, 0.15) is 5.56 Å². The number of aryl methyl sites for hydroxylation is 1. The molecule has 0 bridgehead atoms. The summed E-state index contributed by atoms with van der Waals surface area (Å²) in [5, 5.41) is 10.9. The van der Waals surface area contributed by atoms with E-state index < -0.39 is 19.9 Å². The molecule has 110 valence electrons. The Balaban J connectivity index is 2.80. The lowest BCUT2D eigenvalue weighted by Gasteiger charge is -2.14. The molecule has 21 heavy (non-hydrogen) atoms. The molecule has 0 spiro atoms. The van der Waals surface area contributed by atoms with Gasteiger partial charge in [0.2, 0.25) is 0 Å². The second kappa shape index (κ2) is 5.44. The van der Waals surface area contributed by atoms with Crippen LogP contribution in [0.25, 0.3) is 11.1 Å². The van der Waals surface area contributed by atoms with Crippen molar-refractivity contribution in [2.24, 2.45) is 0 Å². The van der Waals surface area contributed by atoms with Crippen molar-refractivity contribution in [3.05, 3.63) is 57.1 Å².